The lowest BCUT2D eigenvalue weighted by Crippen LogP contribution is -2.27. The Balaban J connectivity index is 2.29. The second-order valence-electron chi connectivity index (χ2n) is 4.71. The molecule has 0 amide bonds. The molecule has 0 saturated heterocycles. The van der Waals surface area contributed by atoms with Gasteiger partial charge in [-0.3, -0.25) is 9.59 Å². The minimum absolute atomic E-state index is 0.0532. The summed E-state index contributed by atoms with van der Waals surface area (Å²) in [6.07, 6.45) is 1.79. The van der Waals surface area contributed by atoms with Gasteiger partial charge in [-0.1, -0.05) is 24.9 Å². The highest BCUT2D eigenvalue weighted by atomic mass is 35.5. The summed E-state index contributed by atoms with van der Waals surface area (Å²) < 4.78 is 0. The molecule has 0 spiro atoms. The van der Waals surface area contributed by atoms with Gasteiger partial charge in [-0.05, 0) is 36.6 Å². The predicted molar refractivity (Wildman–Crippen MR) is 69.0 cm³/mol. The molecule has 0 heterocycles. The van der Waals surface area contributed by atoms with Crippen LogP contribution in [0, 0.1) is 11.8 Å². The van der Waals surface area contributed by atoms with Gasteiger partial charge in [0.1, 0.15) is 0 Å². The highest BCUT2D eigenvalue weighted by molar-refractivity contribution is 6.30. The van der Waals surface area contributed by atoms with Gasteiger partial charge in [0.15, 0.2) is 5.78 Å². The zero-order chi connectivity index (χ0) is 13.3. The molecule has 0 radical (unpaired) electrons. The lowest BCUT2D eigenvalue weighted by molar-refractivity contribution is -0.143. The molecule has 4 heteroatoms. The van der Waals surface area contributed by atoms with E-state index in [1.54, 1.807) is 18.2 Å². The first-order chi connectivity index (χ1) is 8.54. The maximum absolute atomic E-state index is 12.2. The summed E-state index contributed by atoms with van der Waals surface area (Å²) in [5, 5.41) is 9.83. The van der Waals surface area contributed by atoms with Gasteiger partial charge in [0, 0.05) is 16.5 Å². The van der Waals surface area contributed by atoms with Crippen molar-refractivity contribution in [2.45, 2.75) is 26.2 Å². The molecule has 96 valence electrons. The number of carboxylic acids is 1. The van der Waals surface area contributed by atoms with E-state index in [0.717, 1.165) is 12.0 Å². The number of Topliss-reactive ketones (excluding diaryl/α,β-unsaturated/α-hetero) is 1. The lowest BCUT2D eigenvalue weighted by atomic mass is 9.86. The van der Waals surface area contributed by atoms with Crippen molar-refractivity contribution in [1.29, 1.82) is 0 Å². The second-order valence-corrected chi connectivity index (χ2v) is 5.15. The number of fused-ring (bicyclic) bond motifs is 1. The summed E-state index contributed by atoms with van der Waals surface area (Å²) in [5.74, 6) is -1.96. The fraction of sp³-hybridized carbons (Fsp3) is 0.429. The van der Waals surface area contributed by atoms with E-state index < -0.39 is 17.8 Å². The third-order valence-electron chi connectivity index (χ3n) is 3.51. The van der Waals surface area contributed by atoms with E-state index in [-0.39, 0.29) is 5.78 Å². The number of benzene rings is 1. The van der Waals surface area contributed by atoms with Crippen LogP contribution in [0.15, 0.2) is 18.2 Å². The Kier molecular flexibility index (Phi) is 3.71. The van der Waals surface area contributed by atoms with Crippen LogP contribution >= 0.6 is 11.6 Å². The largest absolute Gasteiger partial charge is 0.481 e. The van der Waals surface area contributed by atoms with E-state index in [1.165, 1.54) is 0 Å². The first-order valence-corrected chi connectivity index (χ1v) is 6.47. The summed E-state index contributed by atoms with van der Waals surface area (Å²) in [7, 11) is 0. The smallest absolute Gasteiger partial charge is 0.307 e. The van der Waals surface area contributed by atoms with Gasteiger partial charge in [0.25, 0.3) is 0 Å². The highest BCUT2D eigenvalue weighted by Crippen LogP contribution is 2.35. The Morgan fingerprint density at radius 3 is 2.89 bits per heavy atom. The number of halogens is 1. The average Bonchev–Trinajstić information content (AvgIpc) is 2.62. The third-order valence-corrected chi connectivity index (χ3v) is 3.75. The third kappa shape index (κ3) is 2.27. The van der Waals surface area contributed by atoms with Gasteiger partial charge < -0.3 is 5.11 Å². The van der Waals surface area contributed by atoms with Crippen LogP contribution in [0.5, 0.6) is 0 Å². The fourth-order valence-corrected chi connectivity index (χ4v) is 2.83. The number of carbonyl (C=O) groups is 2. The number of aliphatic carboxylic acids is 1. The molecule has 2 unspecified atom stereocenters. The van der Waals surface area contributed by atoms with Crippen LogP contribution in [0.1, 0.15) is 35.7 Å². The van der Waals surface area contributed by atoms with Crippen molar-refractivity contribution in [1.82, 2.24) is 0 Å². The van der Waals surface area contributed by atoms with Crippen molar-refractivity contribution in [2.75, 3.05) is 0 Å². The second kappa shape index (κ2) is 5.11. The zero-order valence-corrected chi connectivity index (χ0v) is 10.9. The molecule has 0 fully saturated rings. The van der Waals surface area contributed by atoms with Crippen molar-refractivity contribution in [3.05, 3.63) is 34.3 Å². The average molecular weight is 267 g/mol. The molecule has 1 aromatic rings. The molecule has 1 aromatic carbocycles. The summed E-state index contributed by atoms with van der Waals surface area (Å²) >= 11 is 5.89. The number of hydrogen-bond acceptors (Lipinski definition) is 2. The number of carboxylic acid groups (broad SMARTS) is 1. The van der Waals surface area contributed by atoms with Crippen LogP contribution < -0.4 is 0 Å². The predicted octanol–water partition coefficient (Wildman–Crippen LogP) is 3.20. The highest BCUT2D eigenvalue weighted by Gasteiger charge is 2.39. The first-order valence-electron chi connectivity index (χ1n) is 6.10. The maximum atomic E-state index is 12.2. The van der Waals surface area contributed by atoms with E-state index in [2.05, 4.69) is 0 Å². The van der Waals surface area contributed by atoms with Crippen molar-refractivity contribution in [3.8, 4) is 0 Å². The lowest BCUT2D eigenvalue weighted by Gasteiger charge is -2.16. The molecule has 0 aromatic heterocycles. The molecule has 2 atom stereocenters. The molecule has 3 nitrogen and oxygen atoms in total. The molecular weight excluding hydrogens is 252 g/mol. The van der Waals surface area contributed by atoms with Crippen LogP contribution in [-0.4, -0.2) is 16.9 Å². The zero-order valence-electron chi connectivity index (χ0n) is 10.1. The molecule has 0 aliphatic heterocycles. The Morgan fingerprint density at radius 2 is 2.28 bits per heavy atom. The Labute approximate surface area is 111 Å². The van der Waals surface area contributed by atoms with Crippen LogP contribution in [0.2, 0.25) is 5.02 Å². The Bertz CT molecular complexity index is 496. The normalized spacial score (nSPS) is 19.7. The van der Waals surface area contributed by atoms with Gasteiger partial charge in [-0.15, -0.1) is 0 Å². The topological polar surface area (TPSA) is 54.4 Å². The first kappa shape index (κ1) is 13.1. The van der Waals surface area contributed by atoms with E-state index in [0.29, 0.717) is 23.4 Å². The SMILES string of the molecule is CCCC(C(=O)O)C1Cc2cc(Cl)ccc2C1=O. The minimum Gasteiger partial charge on any atom is -0.481 e. The van der Waals surface area contributed by atoms with E-state index in [1.807, 2.05) is 6.92 Å². The molecule has 1 aliphatic carbocycles. The summed E-state index contributed by atoms with van der Waals surface area (Å²) in [6.45, 7) is 1.93. The van der Waals surface area contributed by atoms with Gasteiger partial charge in [-0.2, -0.15) is 0 Å². The number of rotatable bonds is 4. The van der Waals surface area contributed by atoms with Gasteiger partial charge in [0.2, 0.25) is 0 Å². The van der Waals surface area contributed by atoms with E-state index >= 15 is 0 Å². The molecule has 2 rings (SSSR count). The Hall–Kier alpha value is -1.35. The quantitative estimate of drug-likeness (QED) is 0.910. The van der Waals surface area contributed by atoms with Crippen molar-refractivity contribution in [2.24, 2.45) is 11.8 Å². The van der Waals surface area contributed by atoms with Crippen LogP contribution in [0.3, 0.4) is 0 Å². The minimum atomic E-state index is -0.880. The summed E-state index contributed by atoms with van der Waals surface area (Å²) in [4.78, 5) is 23.5. The van der Waals surface area contributed by atoms with Gasteiger partial charge in [0.05, 0.1) is 5.92 Å². The standard InChI is InChI=1S/C14H15ClO3/c1-2-3-11(14(17)18)12-7-8-6-9(15)4-5-10(8)13(12)16/h4-6,11-12H,2-3,7H2,1H3,(H,17,18). The van der Waals surface area contributed by atoms with Gasteiger partial charge >= 0.3 is 5.97 Å². The van der Waals surface area contributed by atoms with E-state index in [9.17, 15) is 14.7 Å². The number of ketones is 1. The molecule has 1 N–H and O–H groups in total. The molecule has 18 heavy (non-hydrogen) atoms. The maximum Gasteiger partial charge on any atom is 0.307 e. The monoisotopic (exact) mass is 266 g/mol. The van der Waals surface area contributed by atoms with Crippen LogP contribution in [0.25, 0.3) is 0 Å². The molecular formula is C14H15ClO3. The number of carbonyl (C=O) groups excluding carboxylic acids is 1. The number of hydrogen-bond donors (Lipinski definition) is 1. The van der Waals surface area contributed by atoms with Gasteiger partial charge in [-0.25, -0.2) is 0 Å². The van der Waals surface area contributed by atoms with Crippen molar-refractivity contribution in [3.63, 3.8) is 0 Å². The Morgan fingerprint density at radius 1 is 1.56 bits per heavy atom. The molecule has 0 saturated carbocycles. The molecule has 1 aliphatic rings. The molecule has 0 bridgehead atoms. The summed E-state index contributed by atoms with van der Waals surface area (Å²) in [6, 6.07) is 5.14. The van der Waals surface area contributed by atoms with Crippen molar-refractivity contribution < 1.29 is 14.7 Å². The fourth-order valence-electron chi connectivity index (χ4n) is 2.63. The van der Waals surface area contributed by atoms with Crippen LogP contribution in [0.4, 0.5) is 0 Å². The van der Waals surface area contributed by atoms with Crippen molar-refractivity contribution >= 4 is 23.4 Å². The van der Waals surface area contributed by atoms with Crippen LogP contribution in [-0.2, 0) is 11.2 Å². The summed E-state index contributed by atoms with van der Waals surface area (Å²) in [5.41, 5.74) is 1.51. The van der Waals surface area contributed by atoms with E-state index in [4.69, 9.17) is 11.6 Å².